The zero-order valence-corrected chi connectivity index (χ0v) is 17.7. The first kappa shape index (κ1) is 20.0. The molecule has 0 amide bonds. The first-order valence-corrected chi connectivity index (χ1v) is 10.2. The summed E-state index contributed by atoms with van der Waals surface area (Å²) in [7, 11) is 2.15. The average molecular weight is 373 g/mol. The highest BCUT2D eigenvalue weighted by atomic mass is 15.1. The van der Waals surface area contributed by atoms with Crippen molar-refractivity contribution in [2.75, 3.05) is 23.4 Å². The van der Waals surface area contributed by atoms with E-state index >= 15 is 0 Å². The predicted octanol–water partition coefficient (Wildman–Crippen LogP) is 6.36. The van der Waals surface area contributed by atoms with Gasteiger partial charge >= 0.3 is 0 Å². The van der Waals surface area contributed by atoms with Gasteiger partial charge in [0, 0.05) is 38.1 Å². The second-order valence-electron chi connectivity index (χ2n) is 7.77. The molecule has 2 heteroatoms. The van der Waals surface area contributed by atoms with Crippen molar-refractivity contribution >= 4 is 11.4 Å². The smallest absolute Gasteiger partial charge is 0.0429 e. The van der Waals surface area contributed by atoms with Crippen molar-refractivity contribution in [3.05, 3.63) is 95.1 Å². The lowest BCUT2D eigenvalue weighted by atomic mass is 10.1. The van der Waals surface area contributed by atoms with Crippen molar-refractivity contribution in [1.82, 2.24) is 0 Å². The summed E-state index contributed by atoms with van der Waals surface area (Å²) in [6, 6.07) is 26.6. The molecule has 0 aliphatic carbocycles. The van der Waals surface area contributed by atoms with Gasteiger partial charge in [-0.25, -0.2) is 0 Å². The molecule has 0 bridgehead atoms. The van der Waals surface area contributed by atoms with Crippen molar-refractivity contribution in [2.45, 2.75) is 40.3 Å². The van der Waals surface area contributed by atoms with E-state index in [2.05, 4.69) is 110 Å². The topological polar surface area (TPSA) is 6.48 Å². The molecule has 3 aromatic rings. The number of benzene rings is 3. The largest absolute Gasteiger partial charge is 0.370 e. The average Bonchev–Trinajstić information content (AvgIpc) is 2.70. The Morgan fingerprint density at radius 2 is 1.07 bits per heavy atom. The summed E-state index contributed by atoms with van der Waals surface area (Å²) in [4.78, 5) is 4.76. The standard InChI is InChI=1S/C26H32N2/c1-5-18-28(26-16-8-22(3)9-17-26)20-24-12-10-23(11-13-24)19-27(4)25-14-6-21(2)7-15-25/h6-17H,5,18-20H2,1-4H3. The van der Waals surface area contributed by atoms with Crippen LogP contribution in [-0.2, 0) is 13.1 Å². The molecule has 0 atom stereocenters. The Morgan fingerprint density at radius 3 is 1.57 bits per heavy atom. The van der Waals surface area contributed by atoms with E-state index in [4.69, 9.17) is 0 Å². The van der Waals surface area contributed by atoms with E-state index in [0.29, 0.717) is 0 Å². The molecule has 28 heavy (non-hydrogen) atoms. The van der Waals surface area contributed by atoms with Crippen LogP contribution in [0.4, 0.5) is 11.4 Å². The third-order valence-corrected chi connectivity index (χ3v) is 5.18. The number of hydrogen-bond donors (Lipinski definition) is 0. The number of aryl methyl sites for hydroxylation is 2. The summed E-state index contributed by atoms with van der Waals surface area (Å²) in [6.45, 7) is 9.44. The minimum Gasteiger partial charge on any atom is -0.370 e. The summed E-state index contributed by atoms with van der Waals surface area (Å²) in [5.74, 6) is 0. The maximum absolute atomic E-state index is 2.47. The summed E-state index contributed by atoms with van der Waals surface area (Å²) in [5.41, 5.74) is 7.85. The zero-order valence-electron chi connectivity index (χ0n) is 17.7. The number of rotatable bonds is 8. The van der Waals surface area contributed by atoms with E-state index in [1.165, 1.54) is 33.6 Å². The Labute approximate surface area is 170 Å². The van der Waals surface area contributed by atoms with Crippen LogP contribution in [0.2, 0.25) is 0 Å². The van der Waals surface area contributed by atoms with E-state index in [9.17, 15) is 0 Å². The molecule has 0 radical (unpaired) electrons. The van der Waals surface area contributed by atoms with Gasteiger partial charge in [0.2, 0.25) is 0 Å². The Hall–Kier alpha value is -2.74. The van der Waals surface area contributed by atoms with Crippen molar-refractivity contribution in [3.8, 4) is 0 Å². The fourth-order valence-electron chi connectivity index (χ4n) is 3.46. The molecule has 0 saturated carbocycles. The predicted molar refractivity (Wildman–Crippen MR) is 122 cm³/mol. The van der Waals surface area contributed by atoms with Crippen molar-refractivity contribution < 1.29 is 0 Å². The van der Waals surface area contributed by atoms with Gasteiger partial charge in [0.25, 0.3) is 0 Å². The molecule has 0 saturated heterocycles. The molecule has 0 aliphatic rings. The van der Waals surface area contributed by atoms with E-state index in [-0.39, 0.29) is 0 Å². The van der Waals surface area contributed by atoms with E-state index in [0.717, 1.165) is 26.1 Å². The van der Waals surface area contributed by atoms with Gasteiger partial charge in [0.1, 0.15) is 0 Å². The lowest BCUT2D eigenvalue weighted by Gasteiger charge is -2.25. The Morgan fingerprint density at radius 1 is 0.607 bits per heavy atom. The molecule has 146 valence electrons. The minimum atomic E-state index is 0.917. The summed E-state index contributed by atoms with van der Waals surface area (Å²) < 4.78 is 0. The molecular formula is C26H32N2. The monoisotopic (exact) mass is 372 g/mol. The summed E-state index contributed by atoms with van der Waals surface area (Å²) in [6.07, 6.45) is 1.15. The third-order valence-electron chi connectivity index (χ3n) is 5.18. The Balaban J connectivity index is 1.65. The molecule has 3 aromatic carbocycles. The van der Waals surface area contributed by atoms with Crippen LogP contribution in [-0.4, -0.2) is 13.6 Å². The molecule has 3 rings (SSSR count). The van der Waals surface area contributed by atoms with Crippen LogP contribution in [0, 0.1) is 13.8 Å². The van der Waals surface area contributed by atoms with Crippen LogP contribution < -0.4 is 9.80 Å². The second kappa shape index (κ2) is 9.45. The van der Waals surface area contributed by atoms with Crippen molar-refractivity contribution in [2.24, 2.45) is 0 Å². The highest BCUT2D eigenvalue weighted by molar-refractivity contribution is 5.49. The van der Waals surface area contributed by atoms with Crippen LogP contribution in [0.3, 0.4) is 0 Å². The zero-order chi connectivity index (χ0) is 19.9. The van der Waals surface area contributed by atoms with E-state index in [1.54, 1.807) is 0 Å². The fraction of sp³-hybridized carbons (Fsp3) is 0.308. The first-order valence-electron chi connectivity index (χ1n) is 10.2. The van der Waals surface area contributed by atoms with Gasteiger partial charge in [-0.2, -0.15) is 0 Å². The highest BCUT2D eigenvalue weighted by Crippen LogP contribution is 2.20. The fourth-order valence-corrected chi connectivity index (χ4v) is 3.46. The molecular weight excluding hydrogens is 340 g/mol. The molecule has 0 N–H and O–H groups in total. The van der Waals surface area contributed by atoms with Gasteiger partial charge in [0.15, 0.2) is 0 Å². The molecule has 0 heterocycles. The molecule has 0 fully saturated rings. The normalized spacial score (nSPS) is 10.7. The molecule has 2 nitrogen and oxygen atoms in total. The maximum atomic E-state index is 2.47. The summed E-state index contributed by atoms with van der Waals surface area (Å²) >= 11 is 0. The van der Waals surface area contributed by atoms with Gasteiger partial charge in [-0.05, 0) is 55.7 Å². The van der Waals surface area contributed by atoms with Crippen molar-refractivity contribution in [1.29, 1.82) is 0 Å². The molecule has 0 spiro atoms. The van der Waals surface area contributed by atoms with Crippen LogP contribution in [0.1, 0.15) is 35.6 Å². The maximum Gasteiger partial charge on any atom is 0.0429 e. The molecule has 0 unspecified atom stereocenters. The highest BCUT2D eigenvalue weighted by Gasteiger charge is 2.07. The lowest BCUT2D eigenvalue weighted by molar-refractivity contribution is 0.767. The molecule has 0 aliphatic heterocycles. The van der Waals surface area contributed by atoms with Crippen LogP contribution in [0.25, 0.3) is 0 Å². The van der Waals surface area contributed by atoms with E-state index in [1.807, 2.05) is 0 Å². The van der Waals surface area contributed by atoms with Gasteiger partial charge in [-0.3, -0.25) is 0 Å². The van der Waals surface area contributed by atoms with Crippen LogP contribution in [0.5, 0.6) is 0 Å². The minimum absolute atomic E-state index is 0.917. The van der Waals surface area contributed by atoms with Gasteiger partial charge < -0.3 is 9.80 Å². The third kappa shape index (κ3) is 5.39. The van der Waals surface area contributed by atoms with E-state index < -0.39 is 0 Å². The number of hydrogen-bond acceptors (Lipinski definition) is 2. The quantitative estimate of drug-likeness (QED) is 0.454. The van der Waals surface area contributed by atoms with Crippen LogP contribution in [0.15, 0.2) is 72.8 Å². The summed E-state index contributed by atoms with van der Waals surface area (Å²) in [5, 5.41) is 0. The molecule has 0 aromatic heterocycles. The second-order valence-corrected chi connectivity index (χ2v) is 7.77. The first-order chi connectivity index (χ1) is 13.5. The van der Waals surface area contributed by atoms with Crippen LogP contribution >= 0.6 is 0 Å². The number of anilines is 2. The van der Waals surface area contributed by atoms with Gasteiger partial charge in [-0.1, -0.05) is 66.6 Å². The van der Waals surface area contributed by atoms with Crippen molar-refractivity contribution in [3.63, 3.8) is 0 Å². The van der Waals surface area contributed by atoms with Gasteiger partial charge in [0.05, 0.1) is 0 Å². The van der Waals surface area contributed by atoms with Gasteiger partial charge in [-0.15, -0.1) is 0 Å². The lowest BCUT2D eigenvalue weighted by Crippen LogP contribution is -2.23. The SMILES string of the molecule is CCCN(Cc1ccc(CN(C)c2ccc(C)cc2)cc1)c1ccc(C)cc1. The number of nitrogens with zero attached hydrogens (tertiary/aromatic N) is 2. The Bertz CT molecular complexity index is 848. The Kier molecular flexibility index (Phi) is 6.76.